The van der Waals surface area contributed by atoms with Crippen molar-refractivity contribution >= 4 is 15.9 Å². The molecular weight excluding hydrogens is 278 g/mol. The maximum atomic E-state index is 12.1. The van der Waals surface area contributed by atoms with Gasteiger partial charge < -0.3 is 10.6 Å². The maximum absolute atomic E-state index is 12.1. The molecule has 7 heteroatoms. The second kappa shape index (κ2) is 6.34. The van der Waals surface area contributed by atoms with Gasteiger partial charge in [0.2, 0.25) is 15.9 Å². The lowest BCUT2D eigenvalue weighted by atomic mass is 10.2. The molecule has 1 aliphatic rings. The van der Waals surface area contributed by atoms with E-state index in [9.17, 15) is 13.2 Å². The number of carbonyl (C=O) groups excluding carboxylic acids is 1. The molecule has 1 amide bonds. The lowest BCUT2D eigenvalue weighted by Gasteiger charge is -2.15. The number of nitrogens with one attached hydrogen (secondary N) is 1. The number of rotatable bonds is 6. The second-order valence-corrected chi connectivity index (χ2v) is 6.61. The number of amides is 1. The summed E-state index contributed by atoms with van der Waals surface area (Å²) >= 11 is 0. The molecule has 3 N–H and O–H groups in total. The highest BCUT2D eigenvalue weighted by Gasteiger charge is 2.16. The molecule has 1 fully saturated rings. The molecule has 1 heterocycles. The highest BCUT2D eigenvalue weighted by Crippen LogP contribution is 2.11. The smallest absolute Gasteiger partial charge is 0.248 e. The zero-order valence-electron chi connectivity index (χ0n) is 11.2. The van der Waals surface area contributed by atoms with Gasteiger partial charge in [-0.05, 0) is 44.1 Å². The van der Waals surface area contributed by atoms with E-state index in [0.29, 0.717) is 13.1 Å². The molecule has 0 spiro atoms. The fourth-order valence-corrected chi connectivity index (χ4v) is 3.31. The summed E-state index contributed by atoms with van der Waals surface area (Å²) in [7, 11) is -3.59. The van der Waals surface area contributed by atoms with Crippen molar-refractivity contribution in [3.63, 3.8) is 0 Å². The minimum Gasteiger partial charge on any atom is -0.366 e. The summed E-state index contributed by atoms with van der Waals surface area (Å²) < 4.78 is 26.7. The lowest BCUT2D eigenvalue weighted by molar-refractivity contribution is 0.1000. The van der Waals surface area contributed by atoms with Gasteiger partial charge in [-0.25, -0.2) is 13.1 Å². The standard InChI is InChI=1S/C13H19N3O3S/c14-13(17)11-4-3-5-12(10-11)20(18,19)15-6-9-16-7-1-2-8-16/h3-5,10,15H,1-2,6-9H2,(H2,14,17). The van der Waals surface area contributed by atoms with Crippen LogP contribution in [0.15, 0.2) is 29.2 Å². The quantitative estimate of drug-likeness (QED) is 0.782. The molecule has 0 saturated carbocycles. The normalized spacial score (nSPS) is 16.4. The van der Waals surface area contributed by atoms with Crippen molar-refractivity contribution in [2.24, 2.45) is 5.73 Å². The van der Waals surface area contributed by atoms with Crippen LogP contribution < -0.4 is 10.5 Å². The second-order valence-electron chi connectivity index (χ2n) is 4.84. The summed E-state index contributed by atoms with van der Waals surface area (Å²) in [4.78, 5) is 13.4. The summed E-state index contributed by atoms with van der Waals surface area (Å²) in [6, 6.07) is 5.74. The van der Waals surface area contributed by atoms with Gasteiger partial charge in [-0.3, -0.25) is 4.79 Å². The van der Waals surface area contributed by atoms with Gasteiger partial charge in [-0.1, -0.05) is 6.07 Å². The molecule has 1 aliphatic heterocycles. The van der Waals surface area contributed by atoms with E-state index in [1.165, 1.54) is 37.1 Å². The Morgan fingerprint density at radius 2 is 2.00 bits per heavy atom. The van der Waals surface area contributed by atoms with E-state index in [2.05, 4.69) is 9.62 Å². The van der Waals surface area contributed by atoms with E-state index < -0.39 is 15.9 Å². The molecule has 6 nitrogen and oxygen atoms in total. The van der Waals surface area contributed by atoms with Crippen LogP contribution in [0.1, 0.15) is 23.2 Å². The van der Waals surface area contributed by atoms with E-state index in [-0.39, 0.29) is 10.5 Å². The Morgan fingerprint density at radius 3 is 2.65 bits per heavy atom. The fourth-order valence-electron chi connectivity index (χ4n) is 2.24. The minimum absolute atomic E-state index is 0.0650. The average molecular weight is 297 g/mol. The Hall–Kier alpha value is -1.44. The number of hydrogen-bond donors (Lipinski definition) is 2. The molecule has 1 aromatic rings. The molecule has 2 rings (SSSR count). The Balaban J connectivity index is 1.98. The van der Waals surface area contributed by atoms with Crippen LogP contribution in [0.3, 0.4) is 0 Å². The van der Waals surface area contributed by atoms with Crippen molar-refractivity contribution < 1.29 is 13.2 Å². The van der Waals surface area contributed by atoms with Crippen LogP contribution in [0.5, 0.6) is 0 Å². The number of nitrogens with zero attached hydrogens (tertiary/aromatic N) is 1. The molecule has 0 atom stereocenters. The first-order chi connectivity index (χ1) is 9.49. The van der Waals surface area contributed by atoms with Crippen LogP contribution in [-0.2, 0) is 10.0 Å². The van der Waals surface area contributed by atoms with E-state index in [0.717, 1.165) is 13.1 Å². The van der Waals surface area contributed by atoms with Crippen LogP contribution in [0.2, 0.25) is 0 Å². The first kappa shape index (κ1) is 15.0. The molecule has 0 bridgehead atoms. The summed E-state index contributed by atoms with van der Waals surface area (Å²) in [5.74, 6) is -0.640. The van der Waals surface area contributed by atoms with Gasteiger partial charge in [0.1, 0.15) is 0 Å². The van der Waals surface area contributed by atoms with Gasteiger partial charge in [0.05, 0.1) is 4.90 Å². The van der Waals surface area contributed by atoms with Gasteiger partial charge in [-0.2, -0.15) is 0 Å². The van der Waals surface area contributed by atoms with Crippen LogP contribution in [0.25, 0.3) is 0 Å². The lowest BCUT2D eigenvalue weighted by Crippen LogP contribution is -2.33. The van der Waals surface area contributed by atoms with Crippen molar-refractivity contribution in [3.05, 3.63) is 29.8 Å². The van der Waals surface area contributed by atoms with Crippen molar-refractivity contribution in [2.75, 3.05) is 26.2 Å². The number of sulfonamides is 1. The molecular formula is C13H19N3O3S. The number of nitrogens with two attached hydrogens (primary N) is 1. The third kappa shape index (κ3) is 3.78. The van der Waals surface area contributed by atoms with Gasteiger partial charge in [-0.15, -0.1) is 0 Å². The van der Waals surface area contributed by atoms with Gasteiger partial charge in [0, 0.05) is 18.7 Å². The van der Waals surface area contributed by atoms with Gasteiger partial charge in [0.15, 0.2) is 0 Å². The zero-order chi connectivity index (χ0) is 14.6. The maximum Gasteiger partial charge on any atom is 0.248 e. The number of likely N-dealkylation sites (tertiary alicyclic amines) is 1. The fraction of sp³-hybridized carbons (Fsp3) is 0.462. The van der Waals surface area contributed by atoms with Gasteiger partial charge in [0.25, 0.3) is 0 Å². The van der Waals surface area contributed by atoms with Crippen molar-refractivity contribution in [3.8, 4) is 0 Å². The highest BCUT2D eigenvalue weighted by molar-refractivity contribution is 7.89. The first-order valence-corrected chi connectivity index (χ1v) is 8.09. The van der Waals surface area contributed by atoms with Crippen LogP contribution in [0, 0.1) is 0 Å². The Labute approximate surface area is 119 Å². The Kier molecular flexibility index (Phi) is 4.74. The Bertz CT molecular complexity index is 580. The largest absolute Gasteiger partial charge is 0.366 e. The molecule has 0 aromatic heterocycles. The zero-order valence-corrected chi connectivity index (χ0v) is 12.0. The number of benzene rings is 1. The number of carbonyl (C=O) groups is 1. The predicted molar refractivity (Wildman–Crippen MR) is 75.8 cm³/mol. The predicted octanol–water partition coefficient (Wildman–Crippen LogP) is 0.160. The van der Waals surface area contributed by atoms with Crippen molar-refractivity contribution in [2.45, 2.75) is 17.7 Å². The molecule has 0 aliphatic carbocycles. The Morgan fingerprint density at radius 1 is 1.30 bits per heavy atom. The van der Waals surface area contributed by atoms with Crippen molar-refractivity contribution in [1.29, 1.82) is 0 Å². The highest BCUT2D eigenvalue weighted by atomic mass is 32.2. The summed E-state index contributed by atoms with van der Waals surface area (Å²) in [5.41, 5.74) is 5.34. The molecule has 1 saturated heterocycles. The van der Waals surface area contributed by atoms with E-state index >= 15 is 0 Å². The van der Waals surface area contributed by atoms with Crippen molar-refractivity contribution in [1.82, 2.24) is 9.62 Å². The number of hydrogen-bond acceptors (Lipinski definition) is 4. The van der Waals surface area contributed by atoms with Gasteiger partial charge >= 0.3 is 0 Å². The summed E-state index contributed by atoms with van der Waals surface area (Å²) in [6.45, 7) is 3.12. The molecule has 110 valence electrons. The van der Waals surface area contributed by atoms with Crippen LogP contribution >= 0.6 is 0 Å². The third-order valence-corrected chi connectivity index (χ3v) is 4.81. The summed E-state index contributed by atoms with van der Waals surface area (Å²) in [5, 5.41) is 0. The minimum atomic E-state index is -3.59. The third-order valence-electron chi connectivity index (χ3n) is 3.35. The molecule has 20 heavy (non-hydrogen) atoms. The molecule has 0 unspecified atom stereocenters. The van der Waals surface area contributed by atoms with E-state index in [1.54, 1.807) is 0 Å². The van der Waals surface area contributed by atoms with Crippen LogP contribution in [0.4, 0.5) is 0 Å². The molecule has 1 aromatic carbocycles. The topological polar surface area (TPSA) is 92.5 Å². The SMILES string of the molecule is NC(=O)c1cccc(S(=O)(=O)NCCN2CCCC2)c1. The molecule has 0 radical (unpaired) electrons. The average Bonchev–Trinajstić information content (AvgIpc) is 2.92. The number of primary amides is 1. The van der Waals surface area contributed by atoms with E-state index in [1.807, 2.05) is 0 Å². The monoisotopic (exact) mass is 297 g/mol. The summed E-state index contributed by atoms with van der Waals surface area (Å²) in [6.07, 6.45) is 2.35. The van der Waals surface area contributed by atoms with Crippen LogP contribution in [-0.4, -0.2) is 45.4 Å². The van der Waals surface area contributed by atoms with E-state index in [4.69, 9.17) is 5.73 Å². The first-order valence-electron chi connectivity index (χ1n) is 6.61.